The Kier molecular flexibility index (Phi) is 5.44. The molecule has 0 fully saturated rings. The monoisotopic (exact) mass is 255 g/mol. The molecule has 0 radical (unpaired) electrons. The van der Waals surface area contributed by atoms with Gasteiger partial charge in [0.25, 0.3) is 0 Å². The normalized spacial score (nSPS) is 14.6. The Balaban J connectivity index is 2.90. The van der Waals surface area contributed by atoms with E-state index in [4.69, 9.17) is 0 Å². The fraction of sp³-hybridized carbons (Fsp3) is 0.429. The summed E-state index contributed by atoms with van der Waals surface area (Å²) in [6.45, 7) is 8.04. The maximum Gasteiger partial charge on any atom is 0.159 e. The second-order valence-corrected chi connectivity index (χ2v) is 4.59. The van der Waals surface area contributed by atoms with Crippen molar-refractivity contribution in [3.63, 3.8) is 0 Å². The van der Waals surface area contributed by atoms with Crippen molar-refractivity contribution in [2.45, 2.75) is 26.0 Å². The van der Waals surface area contributed by atoms with Gasteiger partial charge in [-0.1, -0.05) is 26.0 Å². The van der Waals surface area contributed by atoms with Gasteiger partial charge >= 0.3 is 0 Å². The predicted molar refractivity (Wildman–Crippen MR) is 68.1 cm³/mol. The van der Waals surface area contributed by atoms with E-state index in [-0.39, 0.29) is 12.0 Å². The smallest absolute Gasteiger partial charge is 0.159 e. The van der Waals surface area contributed by atoms with Gasteiger partial charge in [-0.2, -0.15) is 0 Å². The molecule has 1 aromatic rings. The molecule has 0 bridgehead atoms. The van der Waals surface area contributed by atoms with Crippen molar-refractivity contribution < 1.29 is 13.9 Å². The maximum absolute atomic E-state index is 13.1. The van der Waals surface area contributed by atoms with E-state index in [9.17, 15) is 13.9 Å². The van der Waals surface area contributed by atoms with Crippen molar-refractivity contribution in [1.29, 1.82) is 0 Å². The fourth-order valence-corrected chi connectivity index (χ4v) is 1.84. The summed E-state index contributed by atoms with van der Waals surface area (Å²) in [5, 5.41) is 13.3. The summed E-state index contributed by atoms with van der Waals surface area (Å²) in [7, 11) is 0. The maximum atomic E-state index is 13.1. The third kappa shape index (κ3) is 3.62. The minimum absolute atomic E-state index is 0.146. The summed E-state index contributed by atoms with van der Waals surface area (Å²) in [6.07, 6.45) is 0.799. The Morgan fingerprint density at radius 2 is 2.00 bits per heavy atom. The molecule has 0 saturated carbocycles. The molecule has 4 heteroatoms. The molecule has 0 saturated heterocycles. The molecule has 18 heavy (non-hydrogen) atoms. The molecule has 0 heterocycles. The summed E-state index contributed by atoms with van der Waals surface area (Å²) in [5.74, 6) is -1.71. The van der Waals surface area contributed by atoms with Crippen molar-refractivity contribution in [3.05, 3.63) is 48.1 Å². The predicted octanol–water partition coefficient (Wildman–Crippen LogP) is 2.80. The zero-order valence-corrected chi connectivity index (χ0v) is 10.7. The Labute approximate surface area is 106 Å². The molecule has 100 valence electrons. The van der Waals surface area contributed by atoms with Crippen LogP contribution in [0, 0.1) is 17.6 Å². The molecule has 0 amide bonds. The molecule has 0 aromatic heterocycles. The van der Waals surface area contributed by atoms with E-state index in [2.05, 4.69) is 11.9 Å². The number of hydrogen-bond acceptors (Lipinski definition) is 2. The SMILES string of the molecule is C=CCNC(C(C)C)C(O)c1ccc(F)c(F)c1. The lowest BCUT2D eigenvalue weighted by molar-refractivity contribution is 0.107. The Morgan fingerprint density at radius 1 is 1.33 bits per heavy atom. The molecule has 0 spiro atoms. The number of rotatable bonds is 6. The van der Waals surface area contributed by atoms with E-state index in [1.807, 2.05) is 13.8 Å². The van der Waals surface area contributed by atoms with Crippen LogP contribution in [0.2, 0.25) is 0 Å². The Bertz CT molecular complexity index is 407. The molecule has 0 aliphatic rings. The molecule has 2 atom stereocenters. The number of hydrogen-bond donors (Lipinski definition) is 2. The van der Waals surface area contributed by atoms with E-state index in [0.717, 1.165) is 12.1 Å². The molecule has 2 N–H and O–H groups in total. The number of halogens is 2. The molecular formula is C14H19F2NO. The van der Waals surface area contributed by atoms with Crippen LogP contribution in [-0.2, 0) is 0 Å². The molecule has 1 aromatic carbocycles. The summed E-state index contributed by atoms with van der Waals surface area (Å²) >= 11 is 0. The number of benzene rings is 1. The zero-order valence-electron chi connectivity index (χ0n) is 10.7. The van der Waals surface area contributed by atoms with E-state index >= 15 is 0 Å². The first kappa shape index (κ1) is 14.8. The Hall–Kier alpha value is -1.26. The van der Waals surface area contributed by atoms with Crippen molar-refractivity contribution >= 4 is 0 Å². The van der Waals surface area contributed by atoms with Crippen LogP contribution in [0.15, 0.2) is 30.9 Å². The molecular weight excluding hydrogens is 236 g/mol. The quantitative estimate of drug-likeness (QED) is 0.766. The van der Waals surface area contributed by atoms with Gasteiger partial charge in [0.1, 0.15) is 0 Å². The van der Waals surface area contributed by atoms with Gasteiger partial charge in [-0.15, -0.1) is 6.58 Å². The van der Waals surface area contributed by atoms with E-state index in [1.54, 1.807) is 6.08 Å². The second kappa shape index (κ2) is 6.61. The summed E-state index contributed by atoms with van der Waals surface area (Å²) in [4.78, 5) is 0. The third-order valence-corrected chi connectivity index (χ3v) is 2.84. The van der Waals surface area contributed by atoms with Crippen molar-refractivity contribution in [2.75, 3.05) is 6.54 Å². The van der Waals surface area contributed by atoms with E-state index in [0.29, 0.717) is 12.1 Å². The van der Waals surface area contributed by atoms with Crippen LogP contribution in [0.4, 0.5) is 8.78 Å². The number of aliphatic hydroxyl groups excluding tert-OH is 1. The molecule has 0 aliphatic carbocycles. The van der Waals surface area contributed by atoms with Crippen LogP contribution in [0.3, 0.4) is 0 Å². The standard InChI is InChI=1S/C14H19F2NO/c1-4-7-17-13(9(2)3)14(18)10-5-6-11(15)12(16)8-10/h4-6,8-9,13-14,17-18H,1,7H2,2-3H3. The van der Waals surface area contributed by atoms with Crippen LogP contribution >= 0.6 is 0 Å². The summed E-state index contributed by atoms with van der Waals surface area (Å²) in [5.41, 5.74) is 0.365. The van der Waals surface area contributed by atoms with Crippen molar-refractivity contribution in [2.24, 2.45) is 5.92 Å². The zero-order chi connectivity index (χ0) is 13.7. The number of aliphatic hydroxyl groups is 1. The van der Waals surface area contributed by atoms with Crippen LogP contribution < -0.4 is 5.32 Å². The minimum atomic E-state index is -0.947. The highest BCUT2D eigenvalue weighted by atomic mass is 19.2. The van der Waals surface area contributed by atoms with Crippen LogP contribution in [0.1, 0.15) is 25.5 Å². The first-order chi connectivity index (χ1) is 8.47. The van der Waals surface area contributed by atoms with Gasteiger partial charge in [0.15, 0.2) is 11.6 Å². The van der Waals surface area contributed by atoms with Crippen molar-refractivity contribution in [1.82, 2.24) is 5.32 Å². The largest absolute Gasteiger partial charge is 0.387 e. The van der Waals surface area contributed by atoms with Crippen LogP contribution in [0.5, 0.6) is 0 Å². The molecule has 1 rings (SSSR count). The number of nitrogens with one attached hydrogen (secondary N) is 1. The van der Waals surface area contributed by atoms with Gasteiger partial charge in [-0.05, 0) is 23.6 Å². The lowest BCUT2D eigenvalue weighted by Crippen LogP contribution is -2.39. The van der Waals surface area contributed by atoms with Gasteiger partial charge in [0.2, 0.25) is 0 Å². The highest BCUT2D eigenvalue weighted by Crippen LogP contribution is 2.23. The van der Waals surface area contributed by atoms with E-state index < -0.39 is 17.7 Å². The highest BCUT2D eigenvalue weighted by Gasteiger charge is 2.24. The fourth-order valence-electron chi connectivity index (χ4n) is 1.84. The lowest BCUT2D eigenvalue weighted by Gasteiger charge is -2.27. The van der Waals surface area contributed by atoms with Crippen molar-refractivity contribution in [3.8, 4) is 0 Å². The van der Waals surface area contributed by atoms with Crippen LogP contribution in [-0.4, -0.2) is 17.7 Å². The molecule has 2 unspecified atom stereocenters. The average molecular weight is 255 g/mol. The van der Waals surface area contributed by atoms with Crippen LogP contribution in [0.25, 0.3) is 0 Å². The molecule has 2 nitrogen and oxygen atoms in total. The lowest BCUT2D eigenvalue weighted by atomic mass is 9.93. The second-order valence-electron chi connectivity index (χ2n) is 4.59. The van der Waals surface area contributed by atoms with Gasteiger partial charge < -0.3 is 10.4 Å². The minimum Gasteiger partial charge on any atom is -0.387 e. The average Bonchev–Trinajstić information content (AvgIpc) is 2.32. The summed E-state index contributed by atoms with van der Waals surface area (Å²) in [6, 6.07) is 3.21. The molecule has 0 aliphatic heterocycles. The van der Waals surface area contributed by atoms with Gasteiger partial charge in [-0.3, -0.25) is 0 Å². The first-order valence-electron chi connectivity index (χ1n) is 5.94. The topological polar surface area (TPSA) is 32.3 Å². The Morgan fingerprint density at radius 3 is 2.50 bits per heavy atom. The first-order valence-corrected chi connectivity index (χ1v) is 5.94. The summed E-state index contributed by atoms with van der Waals surface area (Å²) < 4.78 is 26.0. The van der Waals surface area contributed by atoms with Gasteiger partial charge in [0, 0.05) is 12.6 Å². The third-order valence-electron chi connectivity index (χ3n) is 2.84. The van der Waals surface area contributed by atoms with Gasteiger partial charge in [-0.25, -0.2) is 8.78 Å². The highest BCUT2D eigenvalue weighted by molar-refractivity contribution is 5.21. The van der Waals surface area contributed by atoms with E-state index in [1.165, 1.54) is 6.07 Å². The van der Waals surface area contributed by atoms with Gasteiger partial charge in [0.05, 0.1) is 6.10 Å².